The summed E-state index contributed by atoms with van der Waals surface area (Å²) in [6.07, 6.45) is 3.00. The fourth-order valence-corrected chi connectivity index (χ4v) is 0.819. The largest absolute Gasteiger partial charge is 0.481 e. The van der Waals surface area contributed by atoms with Crippen LogP contribution in [0.15, 0.2) is 12.7 Å². The summed E-state index contributed by atoms with van der Waals surface area (Å²) < 4.78 is 0. The molecule has 0 atom stereocenters. The zero-order chi connectivity index (χ0) is 9.56. The number of aliphatic carboxylic acids is 2. The fourth-order valence-electron chi connectivity index (χ4n) is 0.819. The van der Waals surface area contributed by atoms with Gasteiger partial charge in [-0.1, -0.05) is 6.08 Å². The molecule has 0 aromatic heterocycles. The predicted molar refractivity (Wildman–Crippen MR) is 42.8 cm³/mol. The molecule has 12 heavy (non-hydrogen) atoms. The summed E-state index contributed by atoms with van der Waals surface area (Å²) in [4.78, 5) is 20.7. The van der Waals surface area contributed by atoms with Gasteiger partial charge in [0.15, 0.2) is 5.92 Å². The van der Waals surface area contributed by atoms with E-state index < -0.39 is 17.9 Å². The van der Waals surface area contributed by atoms with Crippen molar-refractivity contribution in [2.45, 2.75) is 19.3 Å². The Balaban J connectivity index is 3.88. The third-order valence-corrected chi connectivity index (χ3v) is 1.50. The summed E-state index contributed by atoms with van der Waals surface area (Å²) in [5, 5.41) is 16.9. The van der Waals surface area contributed by atoms with Gasteiger partial charge in [-0.25, -0.2) is 0 Å². The maximum atomic E-state index is 10.3. The van der Waals surface area contributed by atoms with E-state index in [0.29, 0.717) is 12.8 Å². The van der Waals surface area contributed by atoms with Crippen molar-refractivity contribution in [2.24, 2.45) is 5.92 Å². The van der Waals surface area contributed by atoms with E-state index in [4.69, 9.17) is 10.2 Å². The third kappa shape index (κ3) is 3.75. The molecule has 0 amide bonds. The SMILES string of the molecule is C=CCCCC(C(=O)O)C(=O)O. The van der Waals surface area contributed by atoms with Crippen LogP contribution in [-0.4, -0.2) is 22.2 Å². The van der Waals surface area contributed by atoms with Crippen LogP contribution in [0.2, 0.25) is 0 Å². The lowest BCUT2D eigenvalue weighted by Crippen LogP contribution is -2.23. The summed E-state index contributed by atoms with van der Waals surface area (Å²) >= 11 is 0. The van der Waals surface area contributed by atoms with Crippen LogP contribution in [0, 0.1) is 5.92 Å². The lowest BCUT2D eigenvalue weighted by molar-refractivity contribution is -0.154. The van der Waals surface area contributed by atoms with Gasteiger partial charge >= 0.3 is 11.9 Å². The first-order valence-corrected chi connectivity index (χ1v) is 3.66. The van der Waals surface area contributed by atoms with Gasteiger partial charge in [0.1, 0.15) is 0 Å². The second kappa shape index (κ2) is 5.35. The van der Waals surface area contributed by atoms with Gasteiger partial charge < -0.3 is 10.2 Å². The van der Waals surface area contributed by atoms with Crippen LogP contribution >= 0.6 is 0 Å². The summed E-state index contributed by atoms with van der Waals surface area (Å²) in [6, 6.07) is 0. The average molecular weight is 172 g/mol. The van der Waals surface area contributed by atoms with E-state index in [-0.39, 0.29) is 6.42 Å². The summed E-state index contributed by atoms with van der Waals surface area (Å²) in [7, 11) is 0. The Bertz CT molecular complexity index is 171. The number of hydrogen-bond donors (Lipinski definition) is 2. The van der Waals surface area contributed by atoms with E-state index in [1.807, 2.05) is 0 Å². The number of carboxylic acids is 2. The number of hydrogen-bond acceptors (Lipinski definition) is 2. The topological polar surface area (TPSA) is 74.6 Å². The molecule has 68 valence electrons. The summed E-state index contributed by atoms with van der Waals surface area (Å²) in [5.74, 6) is -3.82. The molecule has 4 nitrogen and oxygen atoms in total. The summed E-state index contributed by atoms with van der Waals surface area (Å²) in [5.41, 5.74) is 0. The normalized spacial score (nSPS) is 9.75. The molecule has 0 bridgehead atoms. The summed E-state index contributed by atoms with van der Waals surface area (Å²) in [6.45, 7) is 3.45. The number of carboxylic acid groups (broad SMARTS) is 2. The van der Waals surface area contributed by atoms with Gasteiger partial charge in [0.05, 0.1) is 0 Å². The molecule has 0 aliphatic rings. The minimum absolute atomic E-state index is 0.163. The van der Waals surface area contributed by atoms with Crippen LogP contribution in [0.5, 0.6) is 0 Å². The average Bonchev–Trinajstić information content (AvgIpc) is 1.96. The van der Waals surface area contributed by atoms with Crippen molar-refractivity contribution in [3.05, 3.63) is 12.7 Å². The van der Waals surface area contributed by atoms with Crippen LogP contribution < -0.4 is 0 Å². The molecule has 2 N–H and O–H groups in total. The van der Waals surface area contributed by atoms with Crippen LogP contribution in [0.25, 0.3) is 0 Å². The second-order valence-corrected chi connectivity index (χ2v) is 2.45. The highest BCUT2D eigenvalue weighted by Crippen LogP contribution is 2.09. The highest BCUT2D eigenvalue weighted by Gasteiger charge is 2.24. The smallest absolute Gasteiger partial charge is 0.317 e. The first-order chi connectivity index (χ1) is 5.59. The third-order valence-electron chi connectivity index (χ3n) is 1.50. The maximum Gasteiger partial charge on any atom is 0.317 e. The van der Waals surface area contributed by atoms with Crippen molar-refractivity contribution in [1.29, 1.82) is 0 Å². The second-order valence-electron chi connectivity index (χ2n) is 2.45. The maximum absolute atomic E-state index is 10.3. The molecule has 0 radical (unpaired) electrons. The van der Waals surface area contributed by atoms with Crippen LogP contribution in [0.4, 0.5) is 0 Å². The lowest BCUT2D eigenvalue weighted by Gasteiger charge is -2.04. The highest BCUT2D eigenvalue weighted by molar-refractivity contribution is 5.92. The van der Waals surface area contributed by atoms with Crippen LogP contribution in [0.1, 0.15) is 19.3 Å². The molecule has 0 rings (SSSR count). The molecule has 0 saturated carbocycles. The molecule has 0 aliphatic heterocycles. The predicted octanol–water partition coefficient (Wildman–Crippen LogP) is 1.13. The molecule has 0 spiro atoms. The van der Waals surface area contributed by atoms with Crippen molar-refractivity contribution < 1.29 is 19.8 Å². The first kappa shape index (κ1) is 10.7. The van der Waals surface area contributed by atoms with Crippen molar-refractivity contribution in [2.75, 3.05) is 0 Å². The number of unbranched alkanes of at least 4 members (excludes halogenated alkanes) is 1. The molecule has 4 heteroatoms. The van der Waals surface area contributed by atoms with E-state index in [1.165, 1.54) is 0 Å². The molecule has 0 aliphatic carbocycles. The lowest BCUT2D eigenvalue weighted by atomic mass is 10.0. The molecular formula is C8H12O4. The highest BCUT2D eigenvalue weighted by atomic mass is 16.4. The monoisotopic (exact) mass is 172 g/mol. The van der Waals surface area contributed by atoms with Crippen LogP contribution in [0.3, 0.4) is 0 Å². The van der Waals surface area contributed by atoms with Crippen molar-refractivity contribution in [3.8, 4) is 0 Å². The van der Waals surface area contributed by atoms with Crippen molar-refractivity contribution in [3.63, 3.8) is 0 Å². The molecular weight excluding hydrogens is 160 g/mol. The van der Waals surface area contributed by atoms with Crippen LogP contribution in [-0.2, 0) is 9.59 Å². The minimum Gasteiger partial charge on any atom is -0.481 e. The van der Waals surface area contributed by atoms with Gasteiger partial charge in [-0.15, -0.1) is 6.58 Å². The Labute approximate surface area is 70.5 Å². The number of allylic oxidation sites excluding steroid dienone is 1. The number of carbonyl (C=O) groups is 2. The van der Waals surface area contributed by atoms with E-state index in [1.54, 1.807) is 6.08 Å². The minimum atomic E-state index is -1.27. The molecule has 0 saturated heterocycles. The molecule has 0 unspecified atom stereocenters. The van der Waals surface area contributed by atoms with Gasteiger partial charge in [-0.3, -0.25) is 9.59 Å². The molecule has 0 aromatic rings. The van der Waals surface area contributed by atoms with Gasteiger partial charge in [0.2, 0.25) is 0 Å². The zero-order valence-corrected chi connectivity index (χ0v) is 6.69. The molecule has 0 heterocycles. The van der Waals surface area contributed by atoms with Crippen molar-refractivity contribution in [1.82, 2.24) is 0 Å². The molecule has 0 aromatic carbocycles. The van der Waals surface area contributed by atoms with Gasteiger partial charge in [0.25, 0.3) is 0 Å². The Morgan fingerprint density at radius 2 is 1.83 bits per heavy atom. The Morgan fingerprint density at radius 1 is 1.33 bits per heavy atom. The Hall–Kier alpha value is -1.32. The Kier molecular flexibility index (Phi) is 4.76. The van der Waals surface area contributed by atoms with E-state index in [9.17, 15) is 9.59 Å². The van der Waals surface area contributed by atoms with Gasteiger partial charge in [-0.05, 0) is 19.3 Å². The quantitative estimate of drug-likeness (QED) is 0.358. The van der Waals surface area contributed by atoms with Crippen molar-refractivity contribution >= 4 is 11.9 Å². The van der Waals surface area contributed by atoms with Gasteiger partial charge in [0, 0.05) is 0 Å². The zero-order valence-electron chi connectivity index (χ0n) is 6.69. The molecule has 0 fully saturated rings. The fraction of sp³-hybridized carbons (Fsp3) is 0.500. The Morgan fingerprint density at radius 3 is 2.17 bits per heavy atom. The van der Waals surface area contributed by atoms with E-state index in [0.717, 1.165) is 0 Å². The van der Waals surface area contributed by atoms with E-state index >= 15 is 0 Å². The van der Waals surface area contributed by atoms with E-state index in [2.05, 4.69) is 6.58 Å². The standard InChI is InChI=1S/C8H12O4/c1-2-3-4-5-6(7(9)10)8(11)12/h2,6H,1,3-5H2,(H,9,10)(H,11,12). The van der Waals surface area contributed by atoms with Gasteiger partial charge in [-0.2, -0.15) is 0 Å². The first-order valence-electron chi connectivity index (χ1n) is 3.66. The number of rotatable bonds is 6.